The maximum absolute atomic E-state index is 10.4. The van der Waals surface area contributed by atoms with Crippen molar-refractivity contribution in [2.24, 2.45) is 0 Å². The number of benzene rings is 1. The summed E-state index contributed by atoms with van der Waals surface area (Å²) in [7, 11) is 0. The summed E-state index contributed by atoms with van der Waals surface area (Å²) in [5, 5.41) is 13.9. The topological polar surface area (TPSA) is 41.5 Å². The highest BCUT2D eigenvalue weighted by Gasteiger charge is 2.24. The summed E-state index contributed by atoms with van der Waals surface area (Å²) in [6, 6.07) is 6.54. The molecule has 1 atom stereocenters. The number of hydrogen-bond acceptors (Lipinski definition) is 3. The first-order valence-corrected chi connectivity index (χ1v) is 8.14. The van der Waals surface area contributed by atoms with Crippen LogP contribution in [0.15, 0.2) is 18.2 Å². The van der Waals surface area contributed by atoms with Gasteiger partial charge >= 0.3 is 0 Å². The summed E-state index contributed by atoms with van der Waals surface area (Å²) in [6.07, 6.45) is 2.51. The molecule has 0 saturated heterocycles. The highest BCUT2D eigenvalue weighted by atomic mass is 16.5. The van der Waals surface area contributed by atoms with Crippen molar-refractivity contribution in [1.82, 2.24) is 5.32 Å². The zero-order chi connectivity index (χ0) is 15.9. The zero-order valence-electron chi connectivity index (χ0n) is 14.2. The van der Waals surface area contributed by atoms with E-state index in [9.17, 15) is 5.11 Å². The van der Waals surface area contributed by atoms with Gasteiger partial charge in [-0.05, 0) is 51.3 Å². The summed E-state index contributed by atoms with van der Waals surface area (Å²) in [5.74, 6) is 0.881. The first-order chi connectivity index (χ1) is 9.95. The quantitative estimate of drug-likeness (QED) is 0.723. The Morgan fingerprint density at radius 1 is 1.24 bits per heavy atom. The van der Waals surface area contributed by atoms with Crippen molar-refractivity contribution in [1.29, 1.82) is 0 Å². The molecule has 0 aliphatic carbocycles. The van der Waals surface area contributed by atoms with Crippen LogP contribution in [0.4, 0.5) is 0 Å². The molecule has 21 heavy (non-hydrogen) atoms. The molecule has 0 spiro atoms. The largest absolute Gasteiger partial charge is 0.490 e. The number of rotatable bonds is 9. The molecule has 1 unspecified atom stereocenters. The van der Waals surface area contributed by atoms with Gasteiger partial charge in [0.25, 0.3) is 0 Å². The third-order valence-corrected chi connectivity index (χ3v) is 4.15. The lowest BCUT2D eigenvalue weighted by Gasteiger charge is -2.27. The molecule has 1 aromatic rings. The summed E-state index contributed by atoms with van der Waals surface area (Å²) >= 11 is 0. The molecule has 0 aliphatic rings. The van der Waals surface area contributed by atoms with Crippen LogP contribution in [0.1, 0.15) is 64.1 Å². The molecule has 1 rings (SSSR count). The average Bonchev–Trinajstić information content (AvgIpc) is 2.50. The van der Waals surface area contributed by atoms with Gasteiger partial charge in [0.1, 0.15) is 12.4 Å². The van der Waals surface area contributed by atoms with Crippen LogP contribution in [0.3, 0.4) is 0 Å². The minimum atomic E-state index is -0.735. The standard InChI is InChI=1S/C18H31NO2/c1-6-11-19-15(5)16-10-9-14(4)12-17(16)21-13-18(20,7-2)8-3/h9-10,12,15,19-20H,6-8,11,13H2,1-5H3. The van der Waals surface area contributed by atoms with Crippen LogP contribution in [0, 0.1) is 6.92 Å². The van der Waals surface area contributed by atoms with Crippen LogP contribution in [-0.4, -0.2) is 23.9 Å². The van der Waals surface area contributed by atoms with Gasteiger partial charge in [0.05, 0.1) is 5.60 Å². The molecule has 0 radical (unpaired) electrons. The number of aliphatic hydroxyl groups is 1. The fourth-order valence-electron chi connectivity index (χ4n) is 2.26. The fraction of sp³-hybridized carbons (Fsp3) is 0.667. The Balaban J connectivity index is 2.86. The summed E-state index contributed by atoms with van der Waals surface area (Å²) < 4.78 is 5.98. The normalized spacial score (nSPS) is 13.2. The van der Waals surface area contributed by atoms with Crippen LogP contribution in [0.25, 0.3) is 0 Å². The van der Waals surface area contributed by atoms with Gasteiger partial charge in [-0.25, -0.2) is 0 Å². The lowest BCUT2D eigenvalue weighted by Crippen LogP contribution is -2.34. The van der Waals surface area contributed by atoms with Crippen LogP contribution in [0.5, 0.6) is 5.75 Å². The van der Waals surface area contributed by atoms with E-state index in [1.807, 2.05) is 13.8 Å². The van der Waals surface area contributed by atoms with Crippen LogP contribution < -0.4 is 10.1 Å². The second kappa shape index (κ2) is 8.40. The molecule has 0 saturated carbocycles. The molecule has 2 N–H and O–H groups in total. The first kappa shape index (κ1) is 18.0. The van der Waals surface area contributed by atoms with Gasteiger partial charge in [0.15, 0.2) is 0 Å². The van der Waals surface area contributed by atoms with Crippen molar-refractivity contribution < 1.29 is 9.84 Å². The molecule has 1 aromatic carbocycles. The van der Waals surface area contributed by atoms with Gasteiger partial charge in [-0.2, -0.15) is 0 Å². The molecule has 0 bridgehead atoms. The van der Waals surface area contributed by atoms with Gasteiger partial charge in [0, 0.05) is 11.6 Å². The van der Waals surface area contributed by atoms with Crippen molar-refractivity contribution >= 4 is 0 Å². The van der Waals surface area contributed by atoms with E-state index in [-0.39, 0.29) is 6.04 Å². The Morgan fingerprint density at radius 2 is 1.90 bits per heavy atom. The first-order valence-electron chi connectivity index (χ1n) is 8.14. The molecular weight excluding hydrogens is 262 g/mol. The molecule has 0 fully saturated rings. The van der Waals surface area contributed by atoms with Crippen LogP contribution in [-0.2, 0) is 0 Å². The predicted octanol–water partition coefficient (Wildman–Crippen LogP) is 3.99. The smallest absolute Gasteiger partial charge is 0.124 e. The van der Waals surface area contributed by atoms with Gasteiger partial charge in [0.2, 0.25) is 0 Å². The van der Waals surface area contributed by atoms with Crippen LogP contribution in [0.2, 0.25) is 0 Å². The molecular formula is C18H31NO2. The Kier molecular flexibility index (Phi) is 7.20. The molecule has 120 valence electrons. The van der Waals surface area contributed by atoms with E-state index in [4.69, 9.17) is 4.74 Å². The highest BCUT2D eigenvalue weighted by molar-refractivity contribution is 5.39. The van der Waals surface area contributed by atoms with E-state index in [0.29, 0.717) is 19.4 Å². The van der Waals surface area contributed by atoms with E-state index >= 15 is 0 Å². The van der Waals surface area contributed by atoms with Gasteiger partial charge in [-0.3, -0.25) is 0 Å². The SMILES string of the molecule is CCCNC(C)c1ccc(C)cc1OCC(O)(CC)CC. The lowest BCUT2D eigenvalue weighted by molar-refractivity contribution is -0.0117. The van der Waals surface area contributed by atoms with Crippen molar-refractivity contribution in [3.8, 4) is 5.75 Å². The Hall–Kier alpha value is -1.06. The number of hydrogen-bond donors (Lipinski definition) is 2. The minimum absolute atomic E-state index is 0.247. The summed E-state index contributed by atoms with van der Waals surface area (Å²) in [4.78, 5) is 0. The zero-order valence-corrected chi connectivity index (χ0v) is 14.2. The van der Waals surface area contributed by atoms with E-state index < -0.39 is 5.60 Å². The summed E-state index contributed by atoms with van der Waals surface area (Å²) in [5.41, 5.74) is 1.60. The second-order valence-corrected chi connectivity index (χ2v) is 5.94. The summed E-state index contributed by atoms with van der Waals surface area (Å²) in [6.45, 7) is 11.7. The molecule has 0 aromatic heterocycles. The van der Waals surface area contributed by atoms with E-state index in [1.54, 1.807) is 0 Å². The second-order valence-electron chi connectivity index (χ2n) is 5.94. The Morgan fingerprint density at radius 3 is 2.48 bits per heavy atom. The molecule has 0 heterocycles. The highest BCUT2D eigenvalue weighted by Crippen LogP contribution is 2.28. The maximum Gasteiger partial charge on any atom is 0.124 e. The van der Waals surface area contributed by atoms with E-state index in [0.717, 1.165) is 24.3 Å². The molecule has 3 nitrogen and oxygen atoms in total. The Bertz CT molecular complexity index is 427. The van der Waals surface area contributed by atoms with Crippen LogP contribution >= 0.6 is 0 Å². The number of nitrogens with one attached hydrogen (secondary N) is 1. The van der Waals surface area contributed by atoms with Crippen molar-refractivity contribution in [3.05, 3.63) is 29.3 Å². The number of ether oxygens (including phenoxy) is 1. The van der Waals surface area contributed by atoms with Crippen molar-refractivity contribution in [2.45, 2.75) is 65.5 Å². The third kappa shape index (κ3) is 5.33. The maximum atomic E-state index is 10.4. The minimum Gasteiger partial charge on any atom is -0.490 e. The van der Waals surface area contributed by atoms with E-state index in [2.05, 4.69) is 44.3 Å². The van der Waals surface area contributed by atoms with Crippen molar-refractivity contribution in [2.75, 3.05) is 13.2 Å². The average molecular weight is 293 g/mol. The third-order valence-electron chi connectivity index (χ3n) is 4.15. The predicted molar refractivity (Wildman–Crippen MR) is 88.9 cm³/mol. The van der Waals surface area contributed by atoms with Gasteiger partial charge in [-0.1, -0.05) is 32.9 Å². The Labute approximate surface area is 129 Å². The molecule has 3 heteroatoms. The van der Waals surface area contributed by atoms with Crippen molar-refractivity contribution in [3.63, 3.8) is 0 Å². The molecule has 0 aliphatic heterocycles. The van der Waals surface area contributed by atoms with Gasteiger partial charge < -0.3 is 15.2 Å². The fourth-order valence-corrected chi connectivity index (χ4v) is 2.26. The number of aryl methyl sites for hydroxylation is 1. The molecule has 0 amide bonds. The monoisotopic (exact) mass is 293 g/mol. The van der Waals surface area contributed by atoms with Gasteiger partial charge in [-0.15, -0.1) is 0 Å². The lowest BCUT2D eigenvalue weighted by atomic mass is 9.98. The van der Waals surface area contributed by atoms with E-state index in [1.165, 1.54) is 5.56 Å².